The van der Waals surface area contributed by atoms with Crippen molar-refractivity contribution in [1.29, 1.82) is 0 Å². The fourth-order valence-electron chi connectivity index (χ4n) is 2.86. The van der Waals surface area contributed by atoms with Crippen molar-refractivity contribution < 1.29 is 14.3 Å². The van der Waals surface area contributed by atoms with Crippen molar-refractivity contribution in [2.45, 2.75) is 53.1 Å². The smallest absolute Gasteiger partial charge is 0.339 e. The highest BCUT2D eigenvalue weighted by molar-refractivity contribution is 5.92. The average Bonchev–Trinajstić information content (AvgIpc) is 2.97. The van der Waals surface area contributed by atoms with Crippen LogP contribution in [0.1, 0.15) is 49.7 Å². The first-order valence-electron chi connectivity index (χ1n) is 9.19. The molecule has 2 rings (SSSR count). The molecule has 0 fully saturated rings. The molecule has 5 heteroatoms. The summed E-state index contributed by atoms with van der Waals surface area (Å²) in [4.78, 5) is 24.4. The van der Waals surface area contributed by atoms with Crippen LogP contribution in [0.3, 0.4) is 0 Å². The van der Waals surface area contributed by atoms with Gasteiger partial charge in [-0.25, -0.2) is 4.79 Å². The molecule has 0 unspecified atom stereocenters. The SMILES string of the molecule is CCOC(=O)c1cc(-c2ccccc2)n(CCC(=O)N[C@@H](C)CC)c1C. The third kappa shape index (κ3) is 4.75. The summed E-state index contributed by atoms with van der Waals surface area (Å²) in [7, 11) is 0. The van der Waals surface area contributed by atoms with E-state index in [1.807, 2.05) is 61.7 Å². The van der Waals surface area contributed by atoms with Crippen molar-refractivity contribution in [3.8, 4) is 11.3 Å². The fourth-order valence-corrected chi connectivity index (χ4v) is 2.86. The largest absolute Gasteiger partial charge is 0.462 e. The Hall–Kier alpha value is -2.56. The summed E-state index contributed by atoms with van der Waals surface area (Å²) in [5, 5.41) is 2.98. The van der Waals surface area contributed by atoms with Crippen LogP contribution in [0.2, 0.25) is 0 Å². The first-order chi connectivity index (χ1) is 12.5. The molecular weight excluding hydrogens is 328 g/mol. The number of nitrogens with zero attached hydrogens (tertiary/aromatic N) is 1. The highest BCUT2D eigenvalue weighted by atomic mass is 16.5. The predicted molar refractivity (Wildman–Crippen MR) is 103 cm³/mol. The van der Waals surface area contributed by atoms with E-state index in [0.717, 1.165) is 23.4 Å². The van der Waals surface area contributed by atoms with Gasteiger partial charge in [-0.05, 0) is 38.8 Å². The van der Waals surface area contributed by atoms with E-state index in [-0.39, 0.29) is 17.9 Å². The number of ether oxygens (including phenoxy) is 1. The van der Waals surface area contributed by atoms with Crippen LogP contribution in [-0.4, -0.2) is 29.1 Å². The lowest BCUT2D eigenvalue weighted by atomic mass is 10.1. The summed E-state index contributed by atoms with van der Waals surface area (Å²) in [5.74, 6) is -0.311. The lowest BCUT2D eigenvalue weighted by Gasteiger charge is -2.14. The number of hydrogen-bond donors (Lipinski definition) is 1. The summed E-state index contributed by atoms with van der Waals surface area (Å²) in [6, 6.07) is 11.9. The van der Waals surface area contributed by atoms with E-state index in [9.17, 15) is 9.59 Å². The second kappa shape index (κ2) is 9.22. The molecule has 1 heterocycles. The van der Waals surface area contributed by atoms with Crippen LogP contribution in [0.25, 0.3) is 11.3 Å². The van der Waals surface area contributed by atoms with Crippen LogP contribution >= 0.6 is 0 Å². The third-order valence-electron chi connectivity index (χ3n) is 4.51. The number of hydrogen-bond acceptors (Lipinski definition) is 3. The van der Waals surface area contributed by atoms with Crippen LogP contribution in [0.4, 0.5) is 0 Å². The van der Waals surface area contributed by atoms with E-state index in [4.69, 9.17) is 4.74 Å². The predicted octanol–water partition coefficient (Wildman–Crippen LogP) is 3.95. The van der Waals surface area contributed by atoms with E-state index >= 15 is 0 Å². The molecule has 0 saturated carbocycles. The van der Waals surface area contributed by atoms with E-state index in [1.165, 1.54) is 0 Å². The van der Waals surface area contributed by atoms with Crippen LogP contribution in [0.5, 0.6) is 0 Å². The van der Waals surface area contributed by atoms with Gasteiger partial charge >= 0.3 is 5.97 Å². The summed E-state index contributed by atoms with van der Waals surface area (Å²) >= 11 is 0. The Morgan fingerprint density at radius 2 is 1.88 bits per heavy atom. The van der Waals surface area contributed by atoms with Gasteiger partial charge in [-0.2, -0.15) is 0 Å². The molecule has 0 aliphatic rings. The van der Waals surface area contributed by atoms with Gasteiger partial charge in [0.15, 0.2) is 0 Å². The topological polar surface area (TPSA) is 60.3 Å². The summed E-state index contributed by atoms with van der Waals surface area (Å²) < 4.78 is 7.20. The molecule has 1 aromatic carbocycles. The van der Waals surface area contributed by atoms with Gasteiger partial charge in [0.05, 0.1) is 12.2 Å². The Kier molecular flexibility index (Phi) is 7.01. The molecule has 0 aliphatic carbocycles. The van der Waals surface area contributed by atoms with Gasteiger partial charge in [-0.3, -0.25) is 4.79 Å². The summed E-state index contributed by atoms with van der Waals surface area (Å²) in [6.07, 6.45) is 1.26. The Morgan fingerprint density at radius 1 is 1.19 bits per heavy atom. The van der Waals surface area contributed by atoms with Crippen molar-refractivity contribution in [2.75, 3.05) is 6.61 Å². The molecule has 0 bridgehead atoms. The van der Waals surface area contributed by atoms with E-state index in [0.29, 0.717) is 25.1 Å². The van der Waals surface area contributed by atoms with Gasteiger partial charge in [-0.1, -0.05) is 37.3 Å². The van der Waals surface area contributed by atoms with Gasteiger partial charge in [0.25, 0.3) is 0 Å². The highest BCUT2D eigenvalue weighted by Gasteiger charge is 2.20. The number of carbonyl (C=O) groups is 2. The zero-order valence-electron chi connectivity index (χ0n) is 16.0. The van der Waals surface area contributed by atoms with Crippen LogP contribution in [0.15, 0.2) is 36.4 Å². The maximum absolute atomic E-state index is 12.3. The van der Waals surface area contributed by atoms with E-state index in [1.54, 1.807) is 6.92 Å². The zero-order valence-corrected chi connectivity index (χ0v) is 16.0. The minimum Gasteiger partial charge on any atom is -0.462 e. The standard InChI is InChI=1S/C21H28N2O3/c1-5-15(3)22-20(24)12-13-23-16(4)18(21(25)26-6-2)14-19(23)17-10-8-7-9-11-17/h7-11,14-15H,5-6,12-13H2,1-4H3,(H,22,24)/t15-/m0/s1. The molecule has 0 aliphatic heterocycles. The second-order valence-electron chi connectivity index (χ2n) is 6.39. The lowest BCUT2D eigenvalue weighted by molar-refractivity contribution is -0.121. The van der Waals surface area contributed by atoms with Crippen molar-refractivity contribution in [3.05, 3.63) is 47.7 Å². The van der Waals surface area contributed by atoms with Crippen LogP contribution in [0, 0.1) is 6.92 Å². The molecule has 0 spiro atoms. The molecule has 1 N–H and O–H groups in total. The van der Waals surface area contributed by atoms with Crippen molar-refractivity contribution in [2.24, 2.45) is 0 Å². The second-order valence-corrected chi connectivity index (χ2v) is 6.39. The Morgan fingerprint density at radius 3 is 2.50 bits per heavy atom. The van der Waals surface area contributed by atoms with Crippen LogP contribution < -0.4 is 5.32 Å². The van der Waals surface area contributed by atoms with Gasteiger partial charge in [0.2, 0.25) is 5.91 Å². The van der Waals surface area contributed by atoms with Crippen molar-refractivity contribution in [3.63, 3.8) is 0 Å². The van der Waals surface area contributed by atoms with Gasteiger partial charge in [0, 0.05) is 30.4 Å². The molecule has 0 radical (unpaired) electrons. The monoisotopic (exact) mass is 356 g/mol. The van der Waals surface area contributed by atoms with Crippen molar-refractivity contribution >= 4 is 11.9 Å². The number of amides is 1. The normalized spacial score (nSPS) is 11.8. The first-order valence-corrected chi connectivity index (χ1v) is 9.19. The Bertz CT molecular complexity index is 750. The minimum atomic E-state index is -0.329. The quantitative estimate of drug-likeness (QED) is 0.729. The summed E-state index contributed by atoms with van der Waals surface area (Å²) in [6.45, 7) is 8.57. The minimum absolute atomic E-state index is 0.0177. The number of benzene rings is 1. The molecule has 0 saturated heterocycles. The van der Waals surface area contributed by atoms with Crippen molar-refractivity contribution in [1.82, 2.24) is 9.88 Å². The molecule has 5 nitrogen and oxygen atoms in total. The molecule has 1 atom stereocenters. The molecular formula is C21H28N2O3. The maximum atomic E-state index is 12.3. The number of rotatable bonds is 8. The highest BCUT2D eigenvalue weighted by Crippen LogP contribution is 2.26. The fraction of sp³-hybridized carbons (Fsp3) is 0.429. The van der Waals surface area contributed by atoms with Gasteiger partial charge in [-0.15, -0.1) is 0 Å². The summed E-state index contributed by atoms with van der Waals surface area (Å²) in [5.41, 5.74) is 3.29. The molecule has 140 valence electrons. The number of nitrogens with one attached hydrogen (secondary N) is 1. The number of carbonyl (C=O) groups excluding carboxylic acids is 2. The zero-order chi connectivity index (χ0) is 19.1. The average molecular weight is 356 g/mol. The lowest BCUT2D eigenvalue weighted by Crippen LogP contribution is -2.32. The van der Waals surface area contributed by atoms with E-state index in [2.05, 4.69) is 5.32 Å². The first kappa shape index (κ1) is 19.8. The number of aromatic nitrogens is 1. The Labute approximate surface area is 155 Å². The van der Waals surface area contributed by atoms with Gasteiger partial charge < -0.3 is 14.6 Å². The van der Waals surface area contributed by atoms with Crippen LogP contribution in [-0.2, 0) is 16.1 Å². The maximum Gasteiger partial charge on any atom is 0.339 e. The van der Waals surface area contributed by atoms with E-state index < -0.39 is 0 Å². The number of esters is 1. The Balaban J connectivity index is 2.30. The molecule has 1 aromatic heterocycles. The van der Waals surface area contributed by atoms with Gasteiger partial charge in [0.1, 0.15) is 0 Å². The molecule has 2 aromatic rings. The molecule has 1 amide bonds. The third-order valence-corrected chi connectivity index (χ3v) is 4.51. The molecule has 26 heavy (non-hydrogen) atoms.